The second-order valence-corrected chi connectivity index (χ2v) is 9.14. The first-order valence-corrected chi connectivity index (χ1v) is 13.3. The van der Waals surface area contributed by atoms with Crippen LogP contribution in [0.2, 0.25) is 5.02 Å². The molecule has 0 saturated heterocycles. The molecule has 0 aliphatic carbocycles. The summed E-state index contributed by atoms with van der Waals surface area (Å²) < 4.78 is 17.5. The molecule has 0 saturated carbocycles. The number of nitrogens with one attached hydrogen (secondary N) is 2. The summed E-state index contributed by atoms with van der Waals surface area (Å²) in [6.45, 7) is 4.31. The Morgan fingerprint density at radius 1 is 0.865 bits per heavy atom. The van der Waals surface area contributed by atoms with Gasteiger partial charge in [0.1, 0.15) is 30.5 Å². The third kappa shape index (κ3) is 11.1. The Kier molecular flexibility index (Phi) is 12.6. The molecule has 0 bridgehead atoms. The molecular formula is C29H34ClN3O3S. The lowest BCUT2D eigenvalue weighted by atomic mass is 10.2. The number of hydrazone groups is 1. The van der Waals surface area contributed by atoms with Crippen molar-refractivity contribution in [2.45, 2.75) is 39.2 Å². The van der Waals surface area contributed by atoms with Crippen molar-refractivity contribution in [2.75, 3.05) is 19.8 Å². The third-order valence-corrected chi connectivity index (χ3v) is 5.81. The topological polar surface area (TPSA) is 64.1 Å². The van der Waals surface area contributed by atoms with Crippen molar-refractivity contribution in [3.63, 3.8) is 0 Å². The van der Waals surface area contributed by atoms with E-state index in [9.17, 15) is 0 Å². The summed E-state index contributed by atoms with van der Waals surface area (Å²) in [5.74, 6) is 2.27. The van der Waals surface area contributed by atoms with Crippen molar-refractivity contribution in [1.82, 2.24) is 10.7 Å². The van der Waals surface area contributed by atoms with Gasteiger partial charge in [0, 0.05) is 17.1 Å². The molecule has 0 aliphatic heterocycles. The zero-order valence-corrected chi connectivity index (χ0v) is 22.7. The second-order valence-electron chi connectivity index (χ2n) is 8.30. The Morgan fingerprint density at radius 2 is 1.57 bits per heavy atom. The monoisotopic (exact) mass is 539 g/mol. The van der Waals surface area contributed by atoms with Crippen molar-refractivity contribution >= 4 is 35.1 Å². The van der Waals surface area contributed by atoms with E-state index in [2.05, 4.69) is 22.8 Å². The number of nitrogens with zero attached hydrogens (tertiary/aromatic N) is 1. The van der Waals surface area contributed by atoms with Crippen LogP contribution in [0, 0.1) is 0 Å². The van der Waals surface area contributed by atoms with E-state index in [4.69, 9.17) is 38.0 Å². The molecule has 0 radical (unpaired) electrons. The Bertz CT molecular complexity index is 1110. The van der Waals surface area contributed by atoms with Crippen LogP contribution in [0.4, 0.5) is 0 Å². The Morgan fingerprint density at radius 3 is 2.30 bits per heavy atom. The minimum atomic E-state index is 0.364. The van der Waals surface area contributed by atoms with Gasteiger partial charge < -0.3 is 19.5 Å². The number of hydrogen-bond donors (Lipinski definition) is 2. The summed E-state index contributed by atoms with van der Waals surface area (Å²) in [5, 5.41) is 8.34. The highest BCUT2D eigenvalue weighted by Crippen LogP contribution is 2.22. The number of ether oxygens (including phenoxy) is 3. The van der Waals surface area contributed by atoms with Gasteiger partial charge in [0.15, 0.2) is 5.11 Å². The second kappa shape index (κ2) is 16.5. The molecule has 0 aromatic heterocycles. The van der Waals surface area contributed by atoms with E-state index in [1.165, 1.54) is 19.3 Å². The Hall–Kier alpha value is -3.29. The minimum Gasteiger partial charge on any atom is -0.494 e. The molecule has 2 N–H and O–H groups in total. The molecule has 3 aromatic carbocycles. The lowest BCUT2D eigenvalue weighted by Gasteiger charge is -2.12. The maximum absolute atomic E-state index is 6.17. The quantitative estimate of drug-likeness (QED) is 0.0963. The normalized spacial score (nSPS) is 10.8. The Balaban J connectivity index is 1.40. The SMILES string of the molecule is CCCCCCOc1ccc(OCCOc2ccc(Cl)cc2C=NNC(=S)NCc2ccccc2)cc1. The molecule has 3 rings (SSSR count). The summed E-state index contributed by atoms with van der Waals surface area (Å²) in [5.41, 5.74) is 4.68. The molecule has 3 aromatic rings. The smallest absolute Gasteiger partial charge is 0.187 e. The van der Waals surface area contributed by atoms with Crippen LogP contribution in [-0.4, -0.2) is 31.1 Å². The number of thiocarbonyl (C=S) groups is 1. The minimum absolute atomic E-state index is 0.364. The fourth-order valence-corrected chi connectivity index (χ4v) is 3.70. The maximum Gasteiger partial charge on any atom is 0.187 e. The van der Waals surface area contributed by atoms with Gasteiger partial charge in [-0.25, -0.2) is 0 Å². The average molecular weight is 540 g/mol. The fraction of sp³-hybridized carbons (Fsp3) is 0.310. The van der Waals surface area contributed by atoms with E-state index in [0.29, 0.717) is 35.6 Å². The lowest BCUT2D eigenvalue weighted by molar-refractivity contribution is 0.216. The summed E-state index contributed by atoms with van der Waals surface area (Å²) in [7, 11) is 0. The molecule has 6 nitrogen and oxygen atoms in total. The molecular weight excluding hydrogens is 506 g/mol. The number of hydrogen-bond acceptors (Lipinski definition) is 5. The first-order chi connectivity index (χ1) is 18.1. The van der Waals surface area contributed by atoms with E-state index in [1.54, 1.807) is 18.3 Å². The van der Waals surface area contributed by atoms with Crippen LogP contribution in [0.1, 0.15) is 43.7 Å². The number of unbranched alkanes of at least 4 members (excludes halogenated alkanes) is 3. The van der Waals surface area contributed by atoms with Gasteiger partial charge in [-0.05, 0) is 66.7 Å². The molecule has 0 amide bonds. The predicted molar refractivity (Wildman–Crippen MR) is 155 cm³/mol. The van der Waals surface area contributed by atoms with Crippen LogP contribution >= 0.6 is 23.8 Å². The van der Waals surface area contributed by atoms with Crippen molar-refractivity contribution in [3.05, 3.63) is 88.9 Å². The zero-order chi connectivity index (χ0) is 26.1. The number of benzene rings is 3. The molecule has 0 fully saturated rings. The molecule has 0 spiro atoms. The van der Waals surface area contributed by atoms with Gasteiger partial charge >= 0.3 is 0 Å². The number of halogens is 1. The first-order valence-electron chi connectivity index (χ1n) is 12.5. The summed E-state index contributed by atoms with van der Waals surface area (Å²) in [6, 6.07) is 23.0. The van der Waals surface area contributed by atoms with Gasteiger partial charge in [-0.15, -0.1) is 0 Å². The zero-order valence-electron chi connectivity index (χ0n) is 21.1. The van der Waals surface area contributed by atoms with E-state index in [0.717, 1.165) is 35.7 Å². The molecule has 196 valence electrons. The van der Waals surface area contributed by atoms with Crippen molar-refractivity contribution in [2.24, 2.45) is 5.10 Å². The number of rotatable bonds is 15. The third-order valence-electron chi connectivity index (χ3n) is 5.34. The fourth-order valence-electron chi connectivity index (χ4n) is 3.39. The van der Waals surface area contributed by atoms with Gasteiger partial charge in [-0.3, -0.25) is 5.43 Å². The predicted octanol–water partition coefficient (Wildman–Crippen LogP) is 6.76. The van der Waals surface area contributed by atoms with E-state index < -0.39 is 0 Å². The largest absolute Gasteiger partial charge is 0.494 e. The van der Waals surface area contributed by atoms with Crippen LogP contribution < -0.4 is 25.0 Å². The molecule has 0 heterocycles. The molecule has 0 atom stereocenters. The first kappa shape index (κ1) is 28.3. The van der Waals surface area contributed by atoms with Crippen LogP contribution in [0.5, 0.6) is 17.2 Å². The van der Waals surface area contributed by atoms with Gasteiger partial charge in [-0.1, -0.05) is 68.1 Å². The van der Waals surface area contributed by atoms with E-state index in [-0.39, 0.29) is 0 Å². The average Bonchev–Trinajstić information content (AvgIpc) is 2.92. The molecule has 0 aliphatic rings. The molecule has 37 heavy (non-hydrogen) atoms. The van der Waals surface area contributed by atoms with Gasteiger partial charge in [0.2, 0.25) is 0 Å². The van der Waals surface area contributed by atoms with Gasteiger partial charge in [0.05, 0.1) is 12.8 Å². The standard InChI is InChI=1S/C29H34ClN3O3S/c1-2-3-4-8-17-34-26-12-14-27(15-13-26)35-18-19-36-28-16-11-25(30)20-24(28)22-32-33-29(37)31-21-23-9-6-5-7-10-23/h5-7,9-16,20,22H,2-4,8,17-19,21H2,1H3,(H2,31,33,37). The van der Waals surface area contributed by atoms with Crippen LogP contribution in [0.15, 0.2) is 77.9 Å². The van der Waals surface area contributed by atoms with Gasteiger partial charge in [-0.2, -0.15) is 5.10 Å². The van der Waals surface area contributed by atoms with Crippen molar-refractivity contribution < 1.29 is 14.2 Å². The Labute approximate surface area is 230 Å². The van der Waals surface area contributed by atoms with E-state index >= 15 is 0 Å². The van der Waals surface area contributed by atoms with E-state index in [1.807, 2.05) is 60.7 Å². The van der Waals surface area contributed by atoms with Crippen LogP contribution in [0.3, 0.4) is 0 Å². The van der Waals surface area contributed by atoms with Gasteiger partial charge in [0.25, 0.3) is 0 Å². The highest BCUT2D eigenvalue weighted by molar-refractivity contribution is 7.80. The lowest BCUT2D eigenvalue weighted by Crippen LogP contribution is -2.31. The highest BCUT2D eigenvalue weighted by Gasteiger charge is 2.04. The summed E-state index contributed by atoms with van der Waals surface area (Å²) >= 11 is 11.5. The van der Waals surface area contributed by atoms with Crippen molar-refractivity contribution in [1.29, 1.82) is 0 Å². The summed E-state index contributed by atoms with van der Waals surface area (Å²) in [4.78, 5) is 0. The maximum atomic E-state index is 6.17. The molecule has 8 heteroatoms. The summed E-state index contributed by atoms with van der Waals surface area (Å²) in [6.07, 6.45) is 6.38. The van der Waals surface area contributed by atoms with Crippen LogP contribution in [-0.2, 0) is 6.54 Å². The highest BCUT2D eigenvalue weighted by atomic mass is 35.5. The molecule has 0 unspecified atom stereocenters. The van der Waals surface area contributed by atoms with Crippen LogP contribution in [0.25, 0.3) is 0 Å². The van der Waals surface area contributed by atoms with Crippen molar-refractivity contribution in [3.8, 4) is 17.2 Å².